The van der Waals surface area contributed by atoms with Crippen LogP contribution in [0.4, 0.5) is 0 Å². The Kier molecular flexibility index (Phi) is 5.08. The van der Waals surface area contributed by atoms with E-state index in [-0.39, 0.29) is 6.10 Å². The summed E-state index contributed by atoms with van der Waals surface area (Å²) in [5, 5.41) is 8.40. The van der Waals surface area contributed by atoms with Crippen LogP contribution in [0.2, 0.25) is 0 Å². The lowest BCUT2D eigenvalue weighted by Gasteiger charge is -2.24. The molecule has 4 rings (SSSR count). The maximum Gasteiger partial charge on any atom is 0.265 e. The fourth-order valence-corrected chi connectivity index (χ4v) is 3.54. The van der Waals surface area contributed by atoms with Gasteiger partial charge >= 0.3 is 0 Å². The van der Waals surface area contributed by atoms with Crippen molar-refractivity contribution in [3.05, 3.63) is 17.7 Å². The average Bonchev–Trinajstić information content (AvgIpc) is 3.07. The summed E-state index contributed by atoms with van der Waals surface area (Å²) in [6, 6.07) is 3.95. The Labute approximate surface area is 147 Å². The summed E-state index contributed by atoms with van der Waals surface area (Å²) in [6.07, 6.45) is 4.27. The Morgan fingerprint density at radius 3 is 2.76 bits per heavy atom. The lowest BCUT2D eigenvalue weighted by Crippen LogP contribution is -2.30. The van der Waals surface area contributed by atoms with E-state index in [0.29, 0.717) is 24.0 Å². The largest absolute Gasteiger partial charge is 0.489 e. The highest BCUT2D eigenvalue weighted by molar-refractivity contribution is 5.89. The molecule has 0 amide bonds. The maximum atomic E-state index is 6.32. The van der Waals surface area contributed by atoms with Crippen LogP contribution in [0.25, 0.3) is 11.0 Å². The fourth-order valence-electron chi connectivity index (χ4n) is 3.54. The van der Waals surface area contributed by atoms with Gasteiger partial charge in [-0.2, -0.15) is 0 Å². The van der Waals surface area contributed by atoms with E-state index < -0.39 is 0 Å². The van der Waals surface area contributed by atoms with Crippen molar-refractivity contribution in [1.29, 1.82) is 0 Å². The van der Waals surface area contributed by atoms with Gasteiger partial charge in [-0.15, -0.1) is 0 Å². The zero-order chi connectivity index (χ0) is 17.1. The number of aromatic nitrogens is 1. The van der Waals surface area contributed by atoms with Gasteiger partial charge in [0.05, 0.1) is 19.8 Å². The van der Waals surface area contributed by atoms with Gasteiger partial charge in [0.25, 0.3) is 5.88 Å². The molecule has 1 N–H and O–H groups in total. The number of nitrogens with zero attached hydrogens (tertiary/aromatic N) is 1. The molecule has 1 aromatic carbocycles. The zero-order valence-corrected chi connectivity index (χ0v) is 14.8. The Bertz CT molecular complexity index is 703. The van der Waals surface area contributed by atoms with Gasteiger partial charge in [-0.3, -0.25) is 0 Å². The summed E-state index contributed by atoms with van der Waals surface area (Å²) in [5.41, 5.74) is 1.79. The minimum Gasteiger partial charge on any atom is -0.489 e. The first kappa shape index (κ1) is 16.7. The van der Waals surface area contributed by atoms with Crippen LogP contribution in [0, 0.1) is 12.8 Å². The summed E-state index contributed by atoms with van der Waals surface area (Å²) in [6.45, 7) is 6.35. The van der Waals surface area contributed by atoms with Crippen LogP contribution >= 0.6 is 0 Å². The van der Waals surface area contributed by atoms with Gasteiger partial charge in [0, 0.05) is 12.8 Å². The highest BCUT2D eigenvalue weighted by atomic mass is 16.5. The second kappa shape index (κ2) is 7.62. The monoisotopic (exact) mass is 346 g/mol. The predicted molar refractivity (Wildman–Crippen MR) is 94.3 cm³/mol. The van der Waals surface area contributed by atoms with Gasteiger partial charge in [-0.25, -0.2) is 0 Å². The number of benzene rings is 1. The lowest BCUT2D eigenvalue weighted by atomic mass is 9.99. The van der Waals surface area contributed by atoms with Gasteiger partial charge in [0.2, 0.25) is 0 Å². The number of fused-ring (bicyclic) bond motifs is 1. The molecule has 25 heavy (non-hydrogen) atoms. The van der Waals surface area contributed by atoms with Gasteiger partial charge < -0.3 is 24.1 Å². The van der Waals surface area contributed by atoms with Crippen molar-refractivity contribution in [3.8, 4) is 11.6 Å². The van der Waals surface area contributed by atoms with Crippen LogP contribution in [0.3, 0.4) is 0 Å². The van der Waals surface area contributed by atoms with E-state index in [9.17, 15) is 0 Å². The number of ether oxygens (including phenoxy) is 3. The molecule has 2 fully saturated rings. The minimum absolute atomic E-state index is 0.171. The predicted octanol–water partition coefficient (Wildman–Crippen LogP) is 3.07. The molecule has 0 atom stereocenters. The number of rotatable bonds is 5. The highest BCUT2D eigenvalue weighted by Gasteiger charge is 2.23. The van der Waals surface area contributed by atoms with Crippen LogP contribution in [0.15, 0.2) is 16.7 Å². The SMILES string of the molecule is Cc1ccc2onc(OCC3CCNCC3)c2c1OC1CCOCC1. The van der Waals surface area contributed by atoms with Crippen LogP contribution in [-0.4, -0.2) is 44.2 Å². The van der Waals surface area contributed by atoms with Crippen molar-refractivity contribution in [2.75, 3.05) is 32.9 Å². The number of piperidine rings is 1. The molecule has 0 radical (unpaired) electrons. The number of nitrogens with one attached hydrogen (secondary N) is 1. The van der Waals surface area contributed by atoms with E-state index in [1.807, 2.05) is 12.1 Å². The van der Waals surface area contributed by atoms with Crippen molar-refractivity contribution in [2.45, 2.75) is 38.7 Å². The van der Waals surface area contributed by atoms with Crippen molar-refractivity contribution in [2.24, 2.45) is 5.92 Å². The van der Waals surface area contributed by atoms with Crippen LogP contribution in [0.1, 0.15) is 31.2 Å². The molecule has 2 aliphatic heterocycles. The van der Waals surface area contributed by atoms with E-state index in [0.717, 1.165) is 68.7 Å². The van der Waals surface area contributed by atoms with Crippen molar-refractivity contribution < 1.29 is 18.7 Å². The third-order valence-corrected chi connectivity index (χ3v) is 5.12. The normalized spacial score (nSPS) is 20.0. The number of hydrogen-bond acceptors (Lipinski definition) is 6. The third-order valence-electron chi connectivity index (χ3n) is 5.12. The molecular weight excluding hydrogens is 320 g/mol. The molecule has 0 aliphatic carbocycles. The molecule has 0 bridgehead atoms. The minimum atomic E-state index is 0.171. The molecule has 2 aliphatic rings. The highest BCUT2D eigenvalue weighted by Crippen LogP contribution is 2.38. The Hall–Kier alpha value is -1.79. The van der Waals surface area contributed by atoms with Crippen molar-refractivity contribution in [1.82, 2.24) is 10.5 Å². The second-order valence-electron chi connectivity index (χ2n) is 7.01. The molecule has 6 nitrogen and oxygen atoms in total. The molecule has 136 valence electrons. The molecular formula is C19H26N2O4. The first-order valence-corrected chi connectivity index (χ1v) is 9.28. The molecule has 3 heterocycles. The van der Waals surface area contributed by atoms with Crippen LogP contribution in [-0.2, 0) is 4.74 Å². The standard InChI is InChI=1S/C19H26N2O4/c1-13-2-3-16-17(18(13)24-15-6-10-22-11-7-15)19(21-25-16)23-12-14-4-8-20-9-5-14/h2-3,14-15,20H,4-12H2,1H3. The van der Waals surface area contributed by atoms with E-state index >= 15 is 0 Å². The Morgan fingerprint density at radius 1 is 1.16 bits per heavy atom. The van der Waals surface area contributed by atoms with Crippen molar-refractivity contribution in [3.63, 3.8) is 0 Å². The summed E-state index contributed by atoms with van der Waals surface area (Å²) in [4.78, 5) is 0. The Morgan fingerprint density at radius 2 is 1.96 bits per heavy atom. The van der Waals surface area contributed by atoms with Crippen LogP contribution < -0.4 is 14.8 Å². The quantitative estimate of drug-likeness (QED) is 0.897. The first-order chi connectivity index (χ1) is 12.3. The fraction of sp³-hybridized carbons (Fsp3) is 0.632. The smallest absolute Gasteiger partial charge is 0.265 e. The third kappa shape index (κ3) is 3.75. The molecule has 2 saturated heterocycles. The zero-order valence-electron chi connectivity index (χ0n) is 14.8. The van der Waals surface area contributed by atoms with Gasteiger partial charge in [-0.1, -0.05) is 6.07 Å². The van der Waals surface area contributed by atoms with Crippen LogP contribution in [0.5, 0.6) is 11.6 Å². The first-order valence-electron chi connectivity index (χ1n) is 9.28. The Balaban J connectivity index is 1.55. The van der Waals surface area contributed by atoms with E-state index in [4.69, 9.17) is 18.7 Å². The second-order valence-corrected chi connectivity index (χ2v) is 7.01. The molecule has 6 heteroatoms. The number of aryl methyl sites for hydroxylation is 1. The molecule has 2 aromatic rings. The molecule has 0 spiro atoms. The summed E-state index contributed by atoms with van der Waals surface area (Å²) in [5.74, 6) is 1.96. The maximum absolute atomic E-state index is 6.32. The molecule has 1 aromatic heterocycles. The molecule has 0 saturated carbocycles. The summed E-state index contributed by atoms with van der Waals surface area (Å²) in [7, 11) is 0. The van der Waals surface area contributed by atoms with E-state index in [1.165, 1.54) is 0 Å². The topological polar surface area (TPSA) is 65.8 Å². The number of hydrogen-bond donors (Lipinski definition) is 1. The van der Waals surface area contributed by atoms with Gasteiger partial charge in [0.1, 0.15) is 17.2 Å². The average molecular weight is 346 g/mol. The van der Waals surface area contributed by atoms with Crippen molar-refractivity contribution >= 4 is 11.0 Å². The summed E-state index contributed by atoms with van der Waals surface area (Å²) >= 11 is 0. The molecule has 0 unspecified atom stereocenters. The van der Waals surface area contributed by atoms with Gasteiger partial charge in [0.15, 0.2) is 5.58 Å². The van der Waals surface area contributed by atoms with Gasteiger partial charge in [-0.05, 0) is 55.6 Å². The van der Waals surface area contributed by atoms with E-state index in [2.05, 4.69) is 17.4 Å². The lowest BCUT2D eigenvalue weighted by molar-refractivity contribution is 0.0258. The van der Waals surface area contributed by atoms with E-state index in [1.54, 1.807) is 0 Å². The summed E-state index contributed by atoms with van der Waals surface area (Å²) < 4.78 is 23.3.